The maximum Gasteiger partial charge on any atom is 0.170 e. The van der Waals surface area contributed by atoms with Gasteiger partial charge in [-0.15, -0.1) is 0 Å². The second kappa shape index (κ2) is 8.10. The van der Waals surface area contributed by atoms with Gasteiger partial charge in [0.1, 0.15) is 0 Å². The normalized spacial score (nSPS) is 25.0. The second-order valence-electron chi connectivity index (χ2n) is 9.60. The number of carbonyl (C=O) groups excluding carboxylic acids is 3. The van der Waals surface area contributed by atoms with Crippen LogP contribution in [0.15, 0.2) is 23.3 Å². The Bertz CT molecular complexity index is 1020. The van der Waals surface area contributed by atoms with Crippen molar-refractivity contribution in [2.75, 3.05) is 7.11 Å². The van der Waals surface area contributed by atoms with Crippen molar-refractivity contribution in [2.24, 2.45) is 17.3 Å². The zero-order valence-electron chi connectivity index (χ0n) is 19.5. The standard InChI is InChI=1S/C26H32O5/c1-13(2)8-9-16-15(5)10-11-26(6)21(16)23(29)19-17(12-27)22(28)24(31-7)18(14(3)4)20(19)25(26)30/h8,10,12,14,16,21,28H,9,11H2,1-7H3/t16-,21+,26+/m1/s1. The molecule has 5 heteroatoms. The highest BCUT2D eigenvalue weighted by atomic mass is 16.5. The molecule has 3 rings (SSSR count). The third-order valence-corrected chi connectivity index (χ3v) is 6.98. The van der Waals surface area contributed by atoms with Gasteiger partial charge >= 0.3 is 0 Å². The number of Topliss-reactive ketones (excluding diaryl/α,β-unsaturated/α-hetero) is 2. The first-order valence-electron chi connectivity index (χ1n) is 10.8. The van der Waals surface area contributed by atoms with Crippen LogP contribution in [0.2, 0.25) is 0 Å². The topological polar surface area (TPSA) is 80.7 Å². The predicted molar refractivity (Wildman–Crippen MR) is 120 cm³/mol. The van der Waals surface area contributed by atoms with Gasteiger partial charge in [-0.05, 0) is 45.4 Å². The molecule has 0 spiro atoms. The molecule has 0 amide bonds. The Labute approximate surface area is 184 Å². The number of allylic oxidation sites excluding steroid dienone is 4. The molecule has 1 aromatic carbocycles. The minimum atomic E-state index is -0.907. The Morgan fingerprint density at radius 2 is 1.94 bits per heavy atom. The summed E-state index contributed by atoms with van der Waals surface area (Å²) in [5.41, 5.74) is 1.96. The number of aromatic hydroxyl groups is 1. The third-order valence-electron chi connectivity index (χ3n) is 6.98. The van der Waals surface area contributed by atoms with E-state index in [4.69, 9.17) is 4.74 Å². The van der Waals surface area contributed by atoms with Crippen molar-refractivity contribution in [2.45, 2.75) is 60.3 Å². The molecule has 0 saturated carbocycles. The highest BCUT2D eigenvalue weighted by Gasteiger charge is 2.56. The van der Waals surface area contributed by atoms with Crippen molar-refractivity contribution in [1.29, 1.82) is 0 Å². The zero-order valence-corrected chi connectivity index (χ0v) is 19.5. The van der Waals surface area contributed by atoms with Gasteiger partial charge in [-0.3, -0.25) is 14.4 Å². The molecular formula is C26H32O5. The molecule has 0 aromatic heterocycles. The Morgan fingerprint density at radius 3 is 2.45 bits per heavy atom. The van der Waals surface area contributed by atoms with Crippen molar-refractivity contribution >= 4 is 17.9 Å². The molecule has 0 bridgehead atoms. The molecule has 0 unspecified atom stereocenters. The number of phenolic OH excluding ortho intramolecular Hbond substituents is 1. The Kier molecular flexibility index (Phi) is 6.01. The molecule has 0 aliphatic heterocycles. The van der Waals surface area contributed by atoms with Crippen LogP contribution in [-0.2, 0) is 0 Å². The first-order chi connectivity index (χ1) is 14.5. The Morgan fingerprint density at radius 1 is 1.29 bits per heavy atom. The van der Waals surface area contributed by atoms with E-state index in [0.29, 0.717) is 24.7 Å². The molecule has 2 aliphatic carbocycles. The largest absolute Gasteiger partial charge is 0.504 e. The number of carbonyl (C=O) groups is 3. The Hall–Kier alpha value is -2.69. The van der Waals surface area contributed by atoms with Crippen LogP contribution in [0.3, 0.4) is 0 Å². The lowest BCUT2D eigenvalue weighted by Gasteiger charge is -2.47. The molecule has 0 saturated heterocycles. The molecule has 3 atom stereocenters. The Balaban J connectivity index is 2.38. The van der Waals surface area contributed by atoms with Gasteiger partial charge < -0.3 is 9.84 Å². The first kappa shape index (κ1) is 23.0. The fourth-order valence-corrected chi connectivity index (χ4v) is 5.31. The van der Waals surface area contributed by atoms with Gasteiger partial charge in [0.25, 0.3) is 0 Å². The number of ketones is 2. The van der Waals surface area contributed by atoms with E-state index in [1.807, 2.05) is 41.5 Å². The van der Waals surface area contributed by atoms with Crippen LogP contribution in [0.25, 0.3) is 0 Å². The van der Waals surface area contributed by atoms with Crippen LogP contribution in [0.1, 0.15) is 96.9 Å². The minimum Gasteiger partial charge on any atom is -0.504 e. The number of rotatable bonds is 5. The van der Waals surface area contributed by atoms with Crippen LogP contribution >= 0.6 is 0 Å². The fraction of sp³-hybridized carbons (Fsp3) is 0.500. The number of fused-ring (bicyclic) bond motifs is 2. The maximum absolute atomic E-state index is 14.0. The summed E-state index contributed by atoms with van der Waals surface area (Å²) in [4.78, 5) is 40.0. The molecule has 2 aliphatic rings. The van der Waals surface area contributed by atoms with Crippen LogP contribution in [0.4, 0.5) is 0 Å². The van der Waals surface area contributed by atoms with Crippen molar-refractivity contribution in [3.05, 3.63) is 45.6 Å². The van der Waals surface area contributed by atoms with E-state index in [-0.39, 0.29) is 51.6 Å². The number of phenols is 1. The summed E-state index contributed by atoms with van der Waals surface area (Å²) >= 11 is 0. The second-order valence-corrected chi connectivity index (χ2v) is 9.60. The summed E-state index contributed by atoms with van der Waals surface area (Å²) < 4.78 is 5.41. The average Bonchev–Trinajstić information content (AvgIpc) is 2.71. The van der Waals surface area contributed by atoms with E-state index in [0.717, 1.165) is 11.1 Å². The van der Waals surface area contributed by atoms with Crippen molar-refractivity contribution in [3.8, 4) is 11.5 Å². The van der Waals surface area contributed by atoms with Gasteiger partial charge in [-0.2, -0.15) is 0 Å². The summed E-state index contributed by atoms with van der Waals surface area (Å²) in [5.74, 6) is -1.56. The lowest BCUT2D eigenvalue weighted by molar-refractivity contribution is 0.0480. The molecule has 31 heavy (non-hydrogen) atoms. The maximum atomic E-state index is 14.0. The van der Waals surface area contributed by atoms with E-state index < -0.39 is 11.3 Å². The number of aldehydes is 1. The van der Waals surface area contributed by atoms with Crippen LogP contribution in [0, 0.1) is 17.3 Å². The van der Waals surface area contributed by atoms with Gasteiger partial charge in [0, 0.05) is 28.0 Å². The SMILES string of the molecule is COc1c(O)c(C=O)c2c(c1C(C)C)C(=O)[C@@]1(C)CC=C(C)[C@@H](CC=C(C)C)[C@H]1C2=O. The summed E-state index contributed by atoms with van der Waals surface area (Å²) in [6, 6.07) is 0. The van der Waals surface area contributed by atoms with Gasteiger partial charge in [0.05, 0.1) is 12.7 Å². The molecule has 0 fully saturated rings. The van der Waals surface area contributed by atoms with Crippen molar-refractivity contribution < 1.29 is 24.2 Å². The summed E-state index contributed by atoms with van der Waals surface area (Å²) in [7, 11) is 1.39. The number of ether oxygens (including phenoxy) is 1. The fourth-order valence-electron chi connectivity index (χ4n) is 5.31. The third kappa shape index (κ3) is 3.35. The lowest BCUT2D eigenvalue weighted by atomic mass is 9.53. The molecule has 1 N–H and O–H groups in total. The first-order valence-corrected chi connectivity index (χ1v) is 10.8. The predicted octanol–water partition coefficient (Wildman–Crippen LogP) is 5.66. The van der Waals surface area contributed by atoms with E-state index in [9.17, 15) is 19.5 Å². The smallest absolute Gasteiger partial charge is 0.170 e. The number of hydrogen-bond donors (Lipinski definition) is 1. The highest BCUT2D eigenvalue weighted by molar-refractivity contribution is 6.22. The quantitative estimate of drug-likeness (QED) is 0.487. The van der Waals surface area contributed by atoms with Crippen LogP contribution in [0.5, 0.6) is 11.5 Å². The van der Waals surface area contributed by atoms with Gasteiger partial charge in [0.2, 0.25) is 0 Å². The van der Waals surface area contributed by atoms with Crippen molar-refractivity contribution in [1.82, 2.24) is 0 Å². The monoisotopic (exact) mass is 424 g/mol. The zero-order chi connectivity index (χ0) is 23.2. The average molecular weight is 425 g/mol. The molecule has 1 aromatic rings. The van der Waals surface area contributed by atoms with E-state index in [2.05, 4.69) is 12.2 Å². The van der Waals surface area contributed by atoms with Crippen LogP contribution < -0.4 is 4.74 Å². The number of benzene rings is 1. The van der Waals surface area contributed by atoms with Gasteiger partial charge in [0.15, 0.2) is 29.4 Å². The molecule has 5 nitrogen and oxygen atoms in total. The number of methoxy groups -OCH3 is 1. The van der Waals surface area contributed by atoms with Crippen molar-refractivity contribution in [3.63, 3.8) is 0 Å². The van der Waals surface area contributed by atoms with Crippen LogP contribution in [-0.4, -0.2) is 30.1 Å². The summed E-state index contributed by atoms with van der Waals surface area (Å²) in [5, 5.41) is 10.8. The number of hydrogen-bond acceptors (Lipinski definition) is 5. The van der Waals surface area contributed by atoms with E-state index >= 15 is 0 Å². The summed E-state index contributed by atoms with van der Waals surface area (Å²) in [6.45, 7) is 11.6. The highest BCUT2D eigenvalue weighted by Crippen LogP contribution is 2.55. The van der Waals surface area contributed by atoms with E-state index in [1.165, 1.54) is 7.11 Å². The molecule has 0 heterocycles. The molecule has 0 radical (unpaired) electrons. The van der Waals surface area contributed by atoms with Gasteiger partial charge in [-0.25, -0.2) is 0 Å². The molecular weight excluding hydrogens is 392 g/mol. The summed E-state index contributed by atoms with van der Waals surface area (Å²) in [6.07, 6.45) is 5.74. The molecule has 166 valence electrons. The van der Waals surface area contributed by atoms with Gasteiger partial charge in [-0.1, -0.05) is 44.1 Å². The lowest BCUT2D eigenvalue weighted by Crippen LogP contribution is -2.51. The minimum absolute atomic E-state index is 0.0568. The van der Waals surface area contributed by atoms with E-state index in [1.54, 1.807) is 0 Å².